The van der Waals surface area contributed by atoms with E-state index in [4.69, 9.17) is 20.4 Å². The number of aliphatic hydroxyl groups excluding tert-OH is 1. The number of rotatable bonds is 11. The first-order chi connectivity index (χ1) is 15.7. The first-order valence-corrected chi connectivity index (χ1v) is 10.9. The molecule has 0 aliphatic carbocycles. The van der Waals surface area contributed by atoms with Crippen LogP contribution in [0.15, 0.2) is 29.6 Å². The van der Waals surface area contributed by atoms with Crippen LogP contribution >= 0.6 is 11.3 Å². The predicted molar refractivity (Wildman–Crippen MR) is 118 cm³/mol. The lowest BCUT2D eigenvalue weighted by Crippen LogP contribution is -2.42. The number of aryl methyl sites for hydroxylation is 1. The number of hydrogen-bond acceptors (Lipinski definition) is 7. The molecule has 0 bridgehead atoms. The molecular formula is C22H27F2NO8S. The van der Waals surface area contributed by atoms with Crippen molar-refractivity contribution in [3.8, 4) is 0 Å². The van der Waals surface area contributed by atoms with E-state index in [0.717, 1.165) is 6.07 Å². The van der Waals surface area contributed by atoms with Crippen molar-refractivity contribution in [3.05, 3.63) is 57.3 Å². The van der Waals surface area contributed by atoms with Gasteiger partial charge >= 0.3 is 17.9 Å². The van der Waals surface area contributed by atoms with Gasteiger partial charge in [-0.2, -0.15) is 0 Å². The van der Waals surface area contributed by atoms with Crippen LogP contribution in [0.4, 0.5) is 8.78 Å². The lowest BCUT2D eigenvalue weighted by molar-refractivity contribution is -0.170. The fraction of sp³-hybridized carbons (Fsp3) is 0.409. The summed E-state index contributed by atoms with van der Waals surface area (Å²) in [5.74, 6) is -6.66. The highest BCUT2D eigenvalue weighted by Gasteiger charge is 2.40. The Balaban J connectivity index is 0.000000385. The zero-order valence-corrected chi connectivity index (χ0v) is 19.4. The molecule has 1 unspecified atom stereocenters. The summed E-state index contributed by atoms with van der Waals surface area (Å²) in [6.07, 6.45) is -2.81. The van der Waals surface area contributed by atoms with Gasteiger partial charge in [-0.1, -0.05) is 12.1 Å². The quantitative estimate of drug-likeness (QED) is 0.311. The fourth-order valence-corrected chi connectivity index (χ4v) is 3.90. The van der Waals surface area contributed by atoms with Gasteiger partial charge in [0.25, 0.3) is 0 Å². The third-order valence-corrected chi connectivity index (χ3v) is 5.58. The summed E-state index contributed by atoms with van der Waals surface area (Å²) in [4.78, 5) is 33.6. The van der Waals surface area contributed by atoms with E-state index in [-0.39, 0.29) is 6.54 Å². The summed E-state index contributed by atoms with van der Waals surface area (Å²) in [5.41, 5.74) is -1.25. The molecule has 0 saturated heterocycles. The molecule has 34 heavy (non-hydrogen) atoms. The summed E-state index contributed by atoms with van der Waals surface area (Å²) in [5, 5.41) is 45.4. The second kappa shape index (κ2) is 13.1. The lowest BCUT2D eigenvalue weighted by atomic mass is 9.96. The van der Waals surface area contributed by atoms with Gasteiger partial charge in [-0.05, 0) is 36.9 Å². The molecule has 12 heteroatoms. The van der Waals surface area contributed by atoms with E-state index in [1.165, 1.54) is 16.5 Å². The molecule has 0 saturated carbocycles. The summed E-state index contributed by atoms with van der Waals surface area (Å²) < 4.78 is 27.1. The number of carbonyl (C=O) groups is 3. The lowest BCUT2D eigenvalue weighted by Gasteiger charge is -2.24. The van der Waals surface area contributed by atoms with E-state index in [0.29, 0.717) is 18.7 Å². The number of aliphatic carboxylic acids is 3. The summed E-state index contributed by atoms with van der Waals surface area (Å²) in [6, 6.07) is 6.23. The topological polar surface area (TPSA) is 156 Å². The number of nitrogens with zero attached hydrogens (tertiary/aromatic N) is 1. The highest BCUT2D eigenvalue weighted by molar-refractivity contribution is 7.10. The number of aliphatic hydroxyl groups is 2. The number of benzene rings is 1. The van der Waals surface area contributed by atoms with Crippen molar-refractivity contribution in [2.75, 3.05) is 6.54 Å². The van der Waals surface area contributed by atoms with Gasteiger partial charge in [0.2, 0.25) is 0 Å². The van der Waals surface area contributed by atoms with Crippen molar-refractivity contribution in [2.24, 2.45) is 0 Å². The molecule has 1 aromatic carbocycles. The zero-order chi connectivity index (χ0) is 26.1. The number of hydrogen-bond donors (Lipinski definition) is 5. The molecule has 2 aromatic rings. The monoisotopic (exact) mass is 503 g/mol. The minimum atomic E-state index is -2.74. The van der Waals surface area contributed by atoms with Crippen LogP contribution in [0.1, 0.15) is 35.8 Å². The van der Waals surface area contributed by atoms with Crippen molar-refractivity contribution in [1.82, 2.24) is 4.90 Å². The highest BCUT2D eigenvalue weighted by atomic mass is 32.1. The maximum absolute atomic E-state index is 13.8. The zero-order valence-electron chi connectivity index (χ0n) is 18.6. The number of carboxylic acids is 3. The van der Waals surface area contributed by atoms with Crippen LogP contribution in [-0.4, -0.2) is 66.6 Å². The minimum absolute atomic E-state index is 0.270. The van der Waals surface area contributed by atoms with Crippen molar-refractivity contribution >= 4 is 29.2 Å². The summed E-state index contributed by atoms with van der Waals surface area (Å²) in [6.45, 7) is 5.01. The second-order valence-corrected chi connectivity index (χ2v) is 8.74. The first kappa shape index (κ1) is 29.1. The van der Waals surface area contributed by atoms with Crippen molar-refractivity contribution in [3.63, 3.8) is 0 Å². The Hall–Kier alpha value is -2.93. The fourth-order valence-electron chi connectivity index (χ4n) is 2.95. The van der Waals surface area contributed by atoms with Gasteiger partial charge in [-0.15, -0.1) is 11.3 Å². The molecular weight excluding hydrogens is 476 g/mol. The largest absolute Gasteiger partial charge is 0.481 e. The molecule has 0 aliphatic heterocycles. The highest BCUT2D eigenvalue weighted by Crippen LogP contribution is 2.21. The molecule has 0 spiro atoms. The van der Waals surface area contributed by atoms with E-state index in [2.05, 4.69) is 0 Å². The van der Waals surface area contributed by atoms with Crippen molar-refractivity contribution in [2.45, 2.75) is 51.5 Å². The normalized spacial score (nSPS) is 12.1. The van der Waals surface area contributed by atoms with Crippen molar-refractivity contribution < 1.29 is 48.7 Å². The maximum atomic E-state index is 13.8. The average Bonchev–Trinajstić information content (AvgIpc) is 3.08. The Morgan fingerprint density at radius 2 is 1.65 bits per heavy atom. The van der Waals surface area contributed by atoms with Gasteiger partial charge in [0, 0.05) is 30.1 Å². The maximum Gasteiger partial charge on any atom is 0.336 e. The molecule has 1 heterocycles. The molecule has 1 atom stereocenters. The van der Waals surface area contributed by atoms with E-state index in [9.17, 15) is 28.3 Å². The third-order valence-electron chi connectivity index (χ3n) is 4.57. The molecule has 5 N–H and O–H groups in total. The molecule has 0 amide bonds. The Morgan fingerprint density at radius 3 is 2.09 bits per heavy atom. The predicted octanol–water partition coefficient (Wildman–Crippen LogP) is 2.47. The average molecular weight is 504 g/mol. The summed E-state index contributed by atoms with van der Waals surface area (Å²) >= 11 is 1.63. The first-order valence-electron chi connectivity index (χ1n) is 10.0. The van der Waals surface area contributed by atoms with E-state index >= 15 is 0 Å². The second-order valence-electron chi connectivity index (χ2n) is 7.74. The van der Waals surface area contributed by atoms with E-state index in [1.54, 1.807) is 24.3 Å². The Kier molecular flexibility index (Phi) is 11.2. The van der Waals surface area contributed by atoms with Gasteiger partial charge < -0.3 is 25.5 Å². The SMILES string of the molecule is Cc1ccsc1CN(Cc1cccc(F)c1F)CC(C)O.O=C(O)CC(O)(CC(=O)O)C(=O)O. The van der Waals surface area contributed by atoms with Gasteiger partial charge in [-0.3, -0.25) is 14.5 Å². The minimum Gasteiger partial charge on any atom is -0.481 e. The number of thiophene rings is 1. The number of carboxylic acid groups (broad SMARTS) is 3. The van der Waals surface area contributed by atoms with Crippen LogP contribution < -0.4 is 0 Å². The van der Waals surface area contributed by atoms with Gasteiger partial charge in [0.15, 0.2) is 17.2 Å². The molecule has 1 aromatic heterocycles. The molecule has 0 radical (unpaired) electrons. The van der Waals surface area contributed by atoms with Crippen molar-refractivity contribution in [1.29, 1.82) is 0 Å². The van der Waals surface area contributed by atoms with Crippen LogP contribution in [0.5, 0.6) is 0 Å². The van der Waals surface area contributed by atoms with E-state index in [1.807, 2.05) is 23.3 Å². The van der Waals surface area contributed by atoms with Crippen LogP contribution in [0.3, 0.4) is 0 Å². The molecule has 188 valence electrons. The van der Waals surface area contributed by atoms with Crippen LogP contribution in [0.25, 0.3) is 0 Å². The standard InChI is InChI=1S/C16H19F2NOS.C6H8O7/c1-11-6-7-21-15(11)10-19(8-12(2)20)9-13-4-3-5-14(17)16(13)18;7-3(8)1-6(13,5(11)12)2-4(9)10/h3-7,12,20H,8-10H2,1-2H3;13H,1-2H2,(H,7,8)(H,9,10)(H,11,12). The Bertz CT molecular complexity index is 979. The van der Waals surface area contributed by atoms with Crippen LogP contribution in [0.2, 0.25) is 0 Å². The van der Waals surface area contributed by atoms with Gasteiger partial charge in [0.1, 0.15) is 0 Å². The van der Waals surface area contributed by atoms with Gasteiger partial charge in [-0.25, -0.2) is 13.6 Å². The summed E-state index contributed by atoms with van der Waals surface area (Å²) in [7, 11) is 0. The van der Waals surface area contributed by atoms with Crippen LogP contribution in [0, 0.1) is 18.6 Å². The molecule has 0 aliphatic rings. The molecule has 0 fully saturated rings. The Labute approximate surface area is 198 Å². The number of halogens is 2. The Morgan fingerprint density at radius 1 is 1.06 bits per heavy atom. The van der Waals surface area contributed by atoms with Crippen LogP contribution in [-0.2, 0) is 27.5 Å². The molecule has 9 nitrogen and oxygen atoms in total. The smallest absolute Gasteiger partial charge is 0.336 e. The third kappa shape index (κ3) is 9.51. The van der Waals surface area contributed by atoms with E-state index < -0.39 is 54.1 Å². The molecule has 2 rings (SSSR count). The van der Waals surface area contributed by atoms with Gasteiger partial charge in [0.05, 0.1) is 18.9 Å².